The first kappa shape index (κ1) is 53.1. The number of carboxylic acids is 1. The lowest BCUT2D eigenvalue weighted by atomic mass is 9.89. The van der Waals surface area contributed by atoms with Crippen LogP contribution in [0.4, 0.5) is 0 Å². The van der Waals surface area contributed by atoms with E-state index in [2.05, 4.69) is 15.8 Å². The van der Waals surface area contributed by atoms with E-state index >= 15 is 0 Å². The van der Waals surface area contributed by atoms with E-state index in [1.807, 2.05) is 0 Å². The normalized spacial score (nSPS) is 16.5. The fraction of sp³-hybridized carbons (Fsp3) is 0.375. The minimum atomic E-state index is -4.59. The molecule has 0 bridgehead atoms. The maximum Gasteiger partial charge on any atom is 0.472 e. The molecule has 4 heterocycles. The van der Waals surface area contributed by atoms with Crippen LogP contribution >= 0.6 is 19.6 Å². The highest BCUT2D eigenvalue weighted by atomic mass is 32.2. The number of nitrogens with zero attached hydrogens (tertiary/aromatic N) is 2. The summed E-state index contributed by atoms with van der Waals surface area (Å²) in [7, 11) is -4.59. The second-order valence-electron chi connectivity index (χ2n) is 17.2. The molecule has 7 rings (SSSR count). The van der Waals surface area contributed by atoms with Gasteiger partial charge in [-0.15, -0.1) is 11.8 Å². The van der Waals surface area contributed by atoms with E-state index in [1.54, 1.807) is 6.07 Å². The lowest BCUT2D eigenvalue weighted by Gasteiger charge is -2.18. The van der Waals surface area contributed by atoms with E-state index in [-0.39, 0.29) is 81.7 Å². The Hall–Kier alpha value is -6.72. The summed E-state index contributed by atoms with van der Waals surface area (Å²) in [6, 6.07) is 13.7. The predicted octanol–water partition coefficient (Wildman–Crippen LogP) is 5.89. The number of aromatic carboxylic acids is 1. The molecule has 2 aliphatic heterocycles. The zero-order valence-corrected chi connectivity index (χ0v) is 40.6. The zero-order chi connectivity index (χ0) is 51.7. The standard InChI is InChI=1S/C48H54N5O17PS/c1-27-25-53(48(64)49-44(27)59)42-23-35(56)38(70-42)26-68-71(65,66)67-18-19-72-39-24-41(58)52(46(39)61)17-9-7-5-3-2-4-6-8-10-40(57)50-51-45(60)28-11-14-31(47(62)63)34(20-28)43-32-15-12-29(54)21-36(32)69-37-22-30(55)13-16-33(37)43/h11-16,20-22,24-25,35,38,42,54,56,58,61H,2-10,17-19,23,26H2,1H3,(H,50,57)(H,51,60)(H,62,63)(H,65,66)(H,49,59,64)/t35-,38-,42-/m1/s1. The van der Waals surface area contributed by atoms with Gasteiger partial charge in [0.2, 0.25) is 11.8 Å². The number of benzene rings is 3. The molecule has 4 atom stereocenters. The Morgan fingerprint density at radius 3 is 2.38 bits per heavy atom. The third-order valence-corrected chi connectivity index (χ3v) is 13.9. The van der Waals surface area contributed by atoms with Crippen LogP contribution in [0.3, 0.4) is 0 Å². The van der Waals surface area contributed by atoms with Gasteiger partial charge in [0.05, 0.1) is 29.8 Å². The number of carboxylic acid groups (broad SMARTS) is 1. The number of aliphatic hydroxyl groups excluding tert-OH is 1. The molecule has 0 saturated carbocycles. The third-order valence-electron chi connectivity index (χ3n) is 12.0. The number of aromatic amines is 1. The first-order valence-electron chi connectivity index (χ1n) is 23.1. The van der Waals surface area contributed by atoms with Crippen LogP contribution in [0, 0.1) is 6.92 Å². The van der Waals surface area contributed by atoms with Gasteiger partial charge in [0, 0.05) is 77.2 Å². The van der Waals surface area contributed by atoms with Crippen molar-refractivity contribution in [1.82, 2.24) is 25.0 Å². The summed E-state index contributed by atoms with van der Waals surface area (Å²) in [5, 5.41) is 52.2. The van der Waals surface area contributed by atoms with E-state index in [0.717, 1.165) is 54.9 Å². The average Bonchev–Trinajstić information content (AvgIpc) is 3.84. The molecule has 2 amide bonds. The number of aromatic nitrogens is 3. The molecular weight excluding hydrogens is 982 g/mol. The highest BCUT2D eigenvalue weighted by molar-refractivity contribution is 7.99. The molecule has 0 radical (unpaired) electrons. The van der Waals surface area contributed by atoms with Gasteiger partial charge in [-0.05, 0) is 67.8 Å². The fourth-order valence-corrected chi connectivity index (χ4v) is 9.95. The van der Waals surface area contributed by atoms with Crippen molar-refractivity contribution in [1.29, 1.82) is 0 Å². The van der Waals surface area contributed by atoms with Gasteiger partial charge in [-0.2, -0.15) is 0 Å². The lowest BCUT2D eigenvalue weighted by molar-refractivity contribution is -0.122. The predicted molar refractivity (Wildman–Crippen MR) is 261 cm³/mol. The molecule has 2 aromatic carbocycles. The SMILES string of the molecule is Cc1cn([C@H]2C[C@@H](O)[C@@H](COP(=O)(O)OCCSc3cc(O)n(CCCCCCCCCCC(=O)NNC(=O)c4ccc(C(=O)O)c(-c5c6ccc(=O)cc-6oc6cc(O)ccc56)c4)c3O)O2)c(=O)[nH]c1=O. The summed E-state index contributed by atoms with van der Waals surface area (Å²) in [5.41, 5.74) is 4.49. The molecule has 72 heavy (non-hydrogen) atoms. The second-order valence-corrected chi connectivity index (χ2v) is 19.8. The van der Waals surface area contributed by atoms with Gasteiger partial charge >= 0.3 is 19.5 Å². The number of aromatic hydroxyl groups is 3. The molecule has 1 saturated heterocycles. The average molecular weight is 1040 g/mol. The number of phosphoric ester groups is 1. The molecule has 22 nitrogen and oxygen atoms in total. The van der Waals surface area contributed by atoms with Gasteiger partial charge in [-0.1, -0.05) is 38.5 Å². The number of fused-ring (bicyclic) bond motifs is 2. The molecule has 1 unspecified atom stereocenters. The van der Waals surface area contributed by atoms with Gasteiger partial charge in [0.25, 0.3) is 11.5 Å². The molecule has 24 heteroatoms. The molecule has 3 aliphatic rings. The number of aliphatic hydroxyl groups is 1. The van der Waals surface area contributed by atoms with Crippen LogP contribution in [0.25, 0.3) is 33.4 Å². The Morgan fingerprint density at radius 1 is 0.889 bits per heavy atom. The van der Waals surface area contributed by atoms with Crippen LogP contribution in [-0.2, 0) is 29.7 Å². The van der Waals surface area contributed by atoms with Crippen LogP contribution in [0.1, 0.15) is 96.7 Å². The van der Waals surface area contributed by atoms with Crippen LogP contribution in [-0.4, -0.2) is 93.5 Å². The number of amides is 2. The summed E-state index contributed by atoms with van der Waals surface area (Å²) >= 11 is 1.09. The summed E-state index contributed by atoms with van der Waals surface area (Å²) in [6.45, 7) is 1.08. The molecule has 1 aliphatic carbocycles. The minimum Gasteiger partial charge on any atom is -0.508 e. The highest BCUT2D eigenvalue weighted by Gasteiger charge is 2.38. The van der Waals surface area contributed by atoms with Gasteiger partial charge in [-0.25, -0.2) is 14.2 Å². The Labute approximate surface area is 414 Å². The van der Waals surface area contributed by atoms with Crippen molar-refractivity contribution >= 4 is 48.3 Å². The number of unbranched alkanes of at least 4 members (excludes halogenated alkanes) is 7. The molecule has 1 fully saturated rings. The van der Waals surface area contributed by atoms with E-state index in [4.69, 9.17) is 18.2 Å². The number of carbonyl (C=O) groups excluding carboxylic acids is 2. The smallest absolute Gasteiger partial charge is 0.472 e. The first-order valence-corrected chi connectivity index (χ1v) is 25.6. The van der Waals surface area contributed by atoms with Gasteiger partial charge in [0.15, 0.2) is 11.3 Å². The largest absolute Gasteiger partial charge is 0.508 e. The maximum atomic E-state index is 13.2. The lowest BCUT2D eigenvalue weighted by Crippen LogP contribution is -2.41. The van der Waals surface area contributed by atoms with Gasteiger partial charge < -0.3 is 39.6 Å². The van der Waals surface area contributed by atoms with E-state index in [9.17, 15) is 63.8 Å². The van der Waals surface area contributed by atoms with E-state index in [1.165, 1.54) is 72.3 Å². The second kappa shape index (κ2) is 23.7. The number of ether oxygens (including phenoxy) is 1. The molecule has 2 aromatic heterocycles. The number of hydrogen-bond donors (Lipinski definition) is 9. The van der Waals surface area contributed by atoms with Gasteiger partial charge in [0.1, 0.15) is 29.4 Å². The number of phosphoric acid groups is 1. The number of hydrogen-bond acceptors (Lipinski definition) is 16. The molecule has 9 N–H and O–H groups in total. The van der Waals surface area contributed by atoms with Crippen LogP contribution < -0.4 is 27.5 Å². The van der Waals surface area contributed by atoms with Crippen LogP contribution in [0.2, 0.25) is 0 Å². The number of carbonyl (C=O) groups is 3. The number of thioether (sulfide) groups is 1. The Bertz CT molecular complexity index is 3150. The molecule has 4 aromatic rings. The number of H-pyrrole nitrogens is 1. The van der Waals surface area contributed by atoms with Crippen molar-refractivity contribution in [3.05, 3.63) is 115 Å². The van der Waals surface area contributed by atoms with Crippen molar-refractivity contribution in [3.8, 4) is 40.0 Å². The van der Waals surface area contributed by atoms with Crippen molar-refractivity contribution in [3.63, 3.8) is 0 Å². The maximum absolute atomic E-state index is 13.2. The third kappa shape index (κ3) is 13.2. The van der Waals surface area contributed by atoms with Crippen molar-refractivity contribution in [2.75, 3.05) is 19.0 Å². The number of rotatable bonds is 23. The summed E-state index contributed by atoms with van der Waals surface area (Å²) < 4.78 is 36.6. The monoisotopic (exact) mass is 1040 g/mol. The zero-order valence-electron chi connectivity index (χ0n) is 38.9. The highest BCUT2D eigenvalue weighted by Crippen LogP contribution is 2.46. The Morgan fingerprint density at radius 2 is 1.62 bits per heavy atom. The number of aryl methyl sites for hydroxylation is 1. The van der Waals surface area contributed by atoms with Gasteiger partial charge in [-0.3, -0.25) is 53.2 Å². The van der Waals surface area contributed by atoms with E-state index in [0.29, 0.717) is 40.8 Å². The van der Waals surface area contributed by atoms with Crippen molar-refractivity contribution in [2.24, 2.45) is 0 Å². The summed E-state index contributed by atoms with van der Waals surface area (Å²) in [4.78, 5) is 86.9. The first-order chi connectivity index (χ1) is 34.4. The molecule has 0 spiro atoms. The Balaban J connectivity index is 0.762. The fourth-order valence-electron chi connectivity index (χ4n) is 8.28. The van der Waals surface area contributed by atoms with Crippen molar-refractivity contribution in [2.45, 2.75) is 101 Å². The minimum absolute atomic E-state index is 0.0277. The van der Waals surface area contributed by atoms with Crippen molar-refractivity contribution < 1.29 is 67.6 Å². The summed E-state index contributed by atoms with van der Waals surface area (Å²) in [5.74, 6) is -2.49. The van der Waals surface area contributed by atoms with Crippen LogP contribution in [0.5, 0.6) is 17.5 Å². The number of phenolic OH excluding ortho intramolecular Hbond substituents is 1. The van der Waals surface area contributed by atoms with Crippen LogP contribution in [0.15, 0.2) is 90.6 Å². The molecular formula is C48H54N5O17PS. The molecule has 384 valence electrons. The number of hydrazine groups is 1. The topological polar surface area (TPSA) is 331 Å². The number of nitrogens with one attached hydrogen (secondary N) is 3. The van der Waals surface area contributed by atoms with E-state index < -0.39 is 61.9 Å². The Kier molecular flexibility index (Phi) is 17.5. The number of phenols is 1. The summed E-state index contributed by atoms with van der Waals surface area (Å²) in [6.07, 6.45) is 4.83. The quantitative estimate of drug-likeness (QED) is 0.0119.